The summed E-state index contributed by atoms with van der Waals surface area (Å²) in [6.45, 7) is 6.35. The molecule has 0 aliphatic heterocycles. The third-order valence-corrected chi connectivity index (χ3v) is 8.13. The summed E-state index contributed by atoms with van der Waals surface area (Å²) in [7, 11) is 1.92. The maximum Gasteiger partial charge on any atom is 0.254 e. The molecule has 1 N–H and O–H groups in total. The maximum absolute atomic E-state index is 13.5. The van der Waals surface area contributed by atoms with E-state index in [-0.39, 0.29) is 11.4 Å². The largest absolute Gasteiger partial charge is 0.346 e. The molecule has 5 nitrogen and oxygen atoms in total. The van der Waals surface area contributed by atoms with Crippen LogP contribution in [0.5, 0.6) is 0 Å². The zero-order valence-corrected chi connectivity index (χ0v) is 18.1. The number of aromatic nitrogens is 3. The molecule has 4 bridgehead atoms. The molecule has 0 spiro atoms. The van der Waals surface area contributed by atoms with E-state index in [1.165, 1.54) is 38.5 Å². The zero-order valence-electron chi connectivity index (χ0n) is 17.3. The summed E-state index contributed by atoms with van der Waals surface area (Å²) in [5.74, 6) is 2.51. The van der Waals surface area contributed by atoms with Crippen LogP contribution in [0.2, 0.25) is 0 Å². The predicted molar refractivity (Wildman–Crippen MR) is 113 cm³/mol. The van der Waals surface area contributed by atoms with Gasteiger partial charge in [0.05, 0.1) is 16.6 Å². The second kappa shape index (κ2) is 6.48. The molecule has 0 saturated heterocycles. The summed E-state index contributed by atoms with van der Waals surface area (Å²) in [6.07, 6.45) is 9.41. The van der Waals surface area contributed by atoms with E-state index in [4.69, 9.17) is 0 Å². The van der Waals surface area contributed by atoms with Gasteiger partial charge < -0.3 is 5.32 Å². The van der Waals surface area contributed by atoms with Gasteiger partial charge in [0.25, 0.3) is 5.91 Å². The SMILES string of the molecule is Cc1nn(C)c2ncc(C(=O)NC34CC5CC(CC(C5)C3)C4)c(SC(C)C)c12. The Kier molecular flexibility index (Phi) is 4.27. The van der Waals surface area contributed by atoms with Crippen LogP contribution >= 0.6 is 11.8 Å². The number of pyridine rings is 1. The van der Waals surface area contributed by atoms with Crippen molar-refractivity contribution in [1.29, 1.82) is 0 Å². The van der Waals surface area contributed by atoms with Gasteiger partial charge in [-0.1, -0.05) is 13.8 Å². The molecule has 0 aromatic carbocycles. The van der Waals surface area contributed by atoms with E-state index in [0.29, 0.717) is 5.25 Å². The van der Waals surface area contributed by atoms with Crippen molar-refractivity contribution in [2.75, 3.05) is 0 Å². The van der Waals surface area contributed by atoms with Crippen molar-refractivity contribution in [2.45, 2.75) is 75.0 Å². The predicted octanol–water partition coefficient (Wildman–Crippen LogP) is 4.48. The van der Waals surface area contributed by atoms with Crippen LogP contribution in [0.25, 0.3) is 11.0 Å². The van der Waals surface area contributed by atoms with E-state index in [0.717, 1.165) is 44.9 Å². The summed E-state index contributed by atoms with van der Waals surface area (Å²) in [4.78, 5) is 19.1. The van der Waals surface area contributed by atoms with Crippen LogP contribution in [0.1, 0.15) is 68.4 Å². The van der Waals surface area contributed by atoms with Crippen LogP contribution < -0.4 is 5.32 Å². The highest BCUT2D eigenvalue weighted by atomic mass is 32.2. The first-order valence-corrected chi connectivity index (χ1v) is 11.5. The van der Waals surface area contributed by atoms with Gasteiger partial charge in [0.1, 0.15) is 0 Å². The topological polar surface area (TPSA) is 59.8 Å². The molecule has 2 aromatic heterocycles. The van der Waals surface area contributed by atoms with Crippen molar-refractivity contribution in [1.82, 2.24) is 20.1 Å². The van der Waals surface area contributed by atoms with Gasteiger partial charge in [-0.2, -0.15) is 5.10 Å². The second-order valence-electron chi connectivity index (χ2n) is 9.73. The minimum absolute atomic E-state index is 0.0184. The lowest BCUT2D eigenvalue weighted by atomic mass is 9.53. The minimum atomic E-state index is 0.0184. The first-order chi connectivity index (χ1) is 13.3. The van der Waals surface area contributed by atoms with Crippen molar-refractivity contribution < 1.29 is 4.79 Å². The lowest BCUT2D eigenvalue weighted by molar-refractivity contribution is -0.0167. The molecule has 4 saturated carbocycles. The molecular weight excluding hydrogens is 368 g/mol. The molecule has 2 heterocycles. The number of carbonyl (C=O) groups is 1. The fourth-order valence-corrected chi connectivity index (χ4v) is 7.57. The molecule has 4 fully saturated rings. The Balaban J connectivity index is 1.52. The van der Waals surface area contributed by atoms with Gasteiger partial charge >= 0.3 is 0 Å². The Labute approximate surface area is 171 Å². The van der Waals surface area contributed by atoms with E-state index in [1.54, 1.807) is 18.0 Å². The number of aryl methyl sites for hydroxylation is 2. The number of thioether (sulfide) groups is 1. The van der Waals surface area contributed by atoms with Crippen LogP contribution in [0, 0.1) is 24.7 Å². The first-order valence-electron chi connectivity index (χ1n) is 10.6. The lowest BCUT2D eigenvalue weighted by Crippen LogP contribution is -2.59. The van der Waals surface area contributed by atoms with E-state index >= 15 is 0 Å². The van der Waals surface area contributed by atoms with E-state index in [9.17, 15) is 4.79 Å². The first kappa shape index (κ1) is 18.5. The van der Waals surface area contributed by atoms with Crippen LogP contribution in [-0.4, -0.2) is 31.5 Å². The van der Waals surface area contributed by atoms with Crippen molar-refractivity contribution >= 4 is 28.7 Å². The number of carbonyl (C=O) groups excluding carboxylic acids is 1. The Hall–Kier alpha value is -1.56. The molecule has 150 valence electrons. The number of fused-ring (bicyclic) bond motifs is 1. The maximum atomic E-state index is 13.5. The van der Waals surface area contributed by atoms with Gasteiger partial charge in [0, 0.05) is 28.9 Å². The van der Waals surface area contributed by atoms with Crippen LogP contribution in [-0.2, 0) is 7.05 Å². The van der Waals surface area contributed by atoms with Gasteiger partial charge in [-0.05, 0) is 63.2 Å². The fourth-order valence-electron chi connectivity index (χ4n) is 6.47. The number of rotatable bonds is 4. The van der Waals surface area contributed by atoms with Crippen LogP contribution in [0.15, 0.2) is 11.1 Å². The molecule has 1 amide bonds. The Bertz CT molecular complexity index is 912. The molecule has 6 heteroatoms. The molecule has 0 radical (unpaired) electrons. The number of nitrogens with zero attached hydrogens (tertiary/aromatic N) is 3. The molecule has 2 aromatic rings. The van der Waals surface area contributed by atoms with E-state index in [2.05, 4.69) is 29.2 Å². The van der Waals surface area contributed by atoms with E-state index < -0.39 is 0 Å². The van der Waals surface area contributed by atoms with Gasteiger partial charge in [-0.3, -0.25) is 9.48 Å². The quantitative estimate of drug-likeness (QED) is 0.772. The number of hydrogen-bond donors (Lipinski definition) is 1. The summed E-state index contributed by atoms with van der Waals surface area (Å²) < 4.78 is 1.82. The molecule has 4 aliphatic rings. The Morgan fingerprint density at radius 1 is 1.21 bits per heavy atom. The minimum Gasteiger partial charge on any atom is -0.346 e. The molecule has 0 atom stereocenters. The second-order valence-corrected chi connectivity index (χ2v) is 11.3. The molecule has 0 unspecified atom stereocenters. The van der Waals surface area contributed by atoms with Crippen LogP contribution in [0.4, 0.5) is 0 Å². The average Bonchev–Trinajstić information content (AvgIpc) is 2.87. The highest BCUT2D eigenvalue weighted by molar-refractivity contribution is 8.00. The molecule has 4 aliphatic carbocycles. The lowest BCUT2D eigenvalue weighted by Gasteiger charge is -2.56. The van der Waals surface area contributed by atoms with Crippen molar-refractivity contribution in [3.63, 3.8) is 0 Å². The van der Waals surface area contributed by atoms with E-state index in [1.807, 2.05) is 18.7 Å². The van der Waals surface area contributed by atoms with Crippen molar-refractivity contribution in [3.05, 3.63) is 17.5 Å². The smallest absolute Gasteiger partial charge is 0.254 e. The van der Waals surface area contributed by atoms with Gasteiger partial charge in [-0.25, -0.2) is 4.98 Å². The summed E-state index contributed by atoms with van der Waals surface area (Å²) >= 11 is 1.75. The number of nitrogens with one attached hydrogen (secondary N) is 1. The normalized spacial score (nSPS) is 31.1. The fraction of sp³-hybridized carbons (Fsp3) is 0.682. The van der Waals surface area contributed by atoms with Gasteiger partial charge in [0.2, 0.25) is 0 Å². The Morgan fingerprint density at radius 3 is 2.39 bits per heavy atom. The molecular formula is C22H30N4OS. The monoisotopic (exact) mass is 398 g/mol. The third kappa shape index (κ3) is 2.95. The zero-order chi connectivity index (χ0) is 19.6. The average molecular weight is 399 g/mol. The van der Waals surface area contributed by atoms with Gasteiger partial charge in [-0.15, -0.1) is 11.8 Å². The summed E-state index contributed by atoms with van der Waals surface area (Å²) in [5.41, 5.74) is 2.53. The number of hydrogen-bond acceptors (Lipinski definition) is 4. The molecule has 6 rings (SSSR count). The molecule has 28 heavy (non-hydrogen) atoms. The van der Waals surface area contributed by atoms with Crippen LogP contribution in [0.3, 0.4) is 0 Å². The Morgan fingerprint density at radius 2 is 1.82 bits per heavy atom. The standard InChI is InChI=1S/C22H30N4OS/c1-12(2)28-19-17(11-23-20-18(19)13(3)25-26(20)4)21(27)24-22-8-14-5-15(9-22)7-16(6-14)10-22/h11-12,14-16H,5-10H2,1-4H3,(H,24,27). The van der Waals surface area contributed by atoms with Crippen molar-refractivity contribution in [3.8, 4) is 0 Å². The highest BCUT2D eigenvalue weighted by Crippen LogP contribution is 2.55. The van der Waals surface area contributed by atoms with Gasteiger partial charge in [0.15, 0.2) is 5.65 Å². The third-order valence-electron chi connectivity index (χ3n) is 6.99. The summed E-state index contributed by atoms with van der Waals surface area (Å²) in [6, 6.07) is 0. The number of amides is 1. The summed E-state index contributed by atoms with van der Waals surface area (Å²) in [5, 5.41) is 9.49. The highest BCUT2D eigenvalue weighted by Gasteiger charge is 2.51. The van der Waals surface area contributed by atoms with Crippen molar-refractivity contribution in [2.24, 2.45) is 24.8 Å².